The van der Waals surface area contributed by atoms with Crippen LogP contribution in [0.5, 0.6) is 5.75 Å². The maximum absolute atomic E-state index is 12.4. The van der Waals surface area contributed by atoms with Gasteiger partial charge in [-0.1, -0.05) is 18.2 Å². The smallest absolute Gasteiger partial charge is 0.308 e. The fourth-order valence-corrected chi connectivity index (χ4v) is 2.33. The molecule has 0 aliphatic rings. The van der Waals surface area contributed by atoms with Gasteiger partial charge in [0.1, 0.15) is 5.75 Å². The van der Waals surface area contributed by atoms with E-state index < -0.39 is 5.97 Å². The van der Waals surface area contributed by atoms with Gasteiger partial charge in [-0.2, -0.15) is 0 Å². The number of carboxylic acid groups (broad SMARTS) is 1. The third kappa shape index (κ3) is 2.97. The number of carbonyl (C=O) groups is 1. The van der Waals surface area contributed by atoms with Crippen LogP contribution in [0.4, 0.5) is 0 Å². The highest BCUT2D eigenvalue weighted by molar-refractivity contribution is 5.71. The van der Waals surface area contributed by atoms with Crippen LogP contribution in [0.3, 0.4) is 0 Å². The normalized spacial score (nSPS) is 10.4. The molecule has 1 heterocycles. The maximum Gasteiger partial charge on any atom is 0.308 e. The molecule has 0 atom stereocenters. The van der Waals surface area contributed by atoms with Gasteiger partial charge in [-0.3, -0.25) is 9.59 Å². The number of aromatic nitrogens is 1. The minimum absolute atomic E-state index is 0.273. The topological polar surface area (TPSA) is 68.5 Å². The van der Waals surface area contributed by atoms with E-state index in [9.17, 15) is 9.59 Å². The summed E-state index contributed by atoms with van der Waals surface area (Å²) in [6.45, 7) is 2.31. The molecule has 1 N–H and O–H groups in total. The van der Waals surface area contributed by atoms with Gasteiger partial charge in [0.15, 0.2) is 0 Å². The number of pyridine rings is 1. The van der Waals surface area contributed by atoms with Gasteiger partial charge < -0.3 is 14.4 Å². The zero-order chi connectivity index (χ0) is 15.4. The van der Waals surface area contributed by atoms with Crippen LogP contribution < -0.4 is 10.3 Å². The van der Waals surface area contributed by atoms with Gasteiger partial charge >= 0.3 is 5.97 Å². The number of carboxylic acids is 1. The summed E-state index contributed by atoms with van der Waals surface area (Å²) in [6, 6.07) is 10.8. The monoisotopic (exact) mass is 287 g/mol. The Bertz CT molecular complexity index is 718. The van der Waals surface area contributed by atoms with Gasteiger partial charge in [-0.15, -0.1) is 0 Å². The molecule has 2 aromatic rings. The molecule has 0 fully saturated rings. The van der Waals surface area contributed by atoms with E-state index >= 15 is 0 Å². The first kappa shape index (κ1) is 14.8. The van der Waals surface area contributed by atoms with Crippen LogP contribution in [-0.2, 0) is 17.8 Å². The molecule has 0 spiro atoms. The van der Waals surface area contributed by atoms with E-state index in [1.807, 2.05) is 31.2 Å². The van der Waals surface area contributed by atoms with Crippen molar-refractivity contribution in [2.45, 2.75) is 19.9 Å². The Morgan fingerprint density at radius 3 is 2.57 bits per heavy atom. The highest BCUT2D eigenvalue weighted by Gasteiger charge is 2.14. The average molecular weight is 287 g/mol. The molecule has 0 aliphatic carbocycles. The Labute approximate surface area is 122 Å². The molecule has 110 valence electrons. The summed E-state index contributed by atoms with van der Waals surface area (Å²) in [6.07, 6.45) is -0.273. The number of aliphatic carboxylic acids is 1. The quantitative estimate of drug-likeness (QED) is 0.915. The first-order valence-corrected chi connectivity index (χ1v) is 6.66. The van der Waals surface area contributed by atoms with E-state index in [0.29, 0.717) is 18.0 Å². The van der Waals surface area contributed by atoms with E-state index in [-0.39, 0.29) is 17.5 Å². The van der Waals surface area contributed by atoms with Crippen LogP contribution in [0.2, 0.25) is 0 Å². The second-order valence-corrected chi connectivity index (χ2v) is 4.56. The van der Waals surface area contributed by atoms with Crippen LogP contribution in [0.25, 0.3) is 11.3 Å². The molecule has 5 nitrogen and oxygen atoms in total. The number of hydrogen-bond acceptors (Lipinski definition) is 3. The molecular formula is C16H17NO4. The fourth-order valence-electron chi connectivity index (χ4n) is 2.33. The largest absolute Gasteiger partial charge is 0.496 e. The first-order chi connectivity index (χ1) is 10.1. The van der Waals surface area contributed by atoms with E-state index in [4.69, 9.17) is 9.84 Å². The Balaban J connectivity index is 2.63. The summed E-state index contributed by atoms with van der Waals surface area (Å²) in [5.74, 6) is -0.343. The number of nitrogens with zero attached hydrogens (tertiary/aromatic N) is 1. The zero-order valence-electron chi connectivity index (χ0n) is 12.0. The van der Waals surface area contributed by atoms with Crippen molar-refractivity contribution in [3.63, 3.8) is 0 Å². The van der Waals surface area contributed by atoms with E-state index in [1.165, 1.54) is 0 Å². The molecular weight excluding hydrogens is 270 g/mol. The van der Waals surface area contributed by atoms with Crippen LogP contribution in [-0.4, -0.2) is 22.8 Å². The third-order valence-electron chi connectivity index (χ3n) is 3.29. The molecule has 21 heavy (non-hydrogen) atoms. The molecule has 1 aromatic heterocycles. The van der Waals surface area contributed by atoms with Crippen molar-refractivity contribution in [3.8, 4) is 17.0 Å². The molecule has 0 saturated heterocycles. The lowest BCUT2D eigenvalue weighted by molar-refractivity contribution is -0.136. The van der Waals surface area contributed by atoms with Crippen LogP contribution in [0.15, 0.2) is 41.2 Å². The molecule has 0 aliphatic heterocycles. The minimum Gasteiger partial charge on any atom is -0.496 e. The summed E-state index contributed by atoms with van der Waals surface area (Å²) < 4.78 is 6.89. The van der Waals surface area contributed by atoms with E-state index in [2.05, 4.69) is 0 Å². The van der Waals surface area contributed by atoms with Crippen molar-refractivity contribution in [2.75, 3.05) is 7.11 Å². The van der Waals surface area contributed by atoms with Crippen LogP contribution in [0.1, 0.15) is 12.5 Å². The third-order valence-corrected chi connectivity index (χ3v) is 3.29. The number of rotatable bonds is 5. The van der Waals surface area contributed by atoms with Gasteiger partial charge in [0, 0.05) is 17.7 Å². The highest BCUT2D eigenvalue weighted by Crippen LogP contribution is 2.28. The molecule has 2 rings (SSSR count). The van der Waals surface area contributed by atoms with Gasteiger partial charge in [0.05, 0.1) is 19.2 Å². The molecule has 0 saturated carbocycles. The lowest BCUT2D eigenvalue weighted by atomic mass is 10.1. The second kappa shape index (κ2) is 6.26. The van der Waals surface area contributed by atoms with Crippen molar-refractivity contribution in [2.24, 2.45) is 0 Å². The van der Waals surface area contributed by atoms with Crippen molar-refractivity contribution in [1.29, 1.82) is 0 Å². The Kier molecular flexibility index (Phi) is 4.42. The number of ether oxygens (including phenoxy) is 1. The standard InChI is InChI=1S/C16H17NO4/c1-3-17-13(12-6-4-5-7-14(12)21-2)9-8-11(16(17)20)10-15(18)19/h4-9H,3,10H2,1-2H3,(H,18,19). The van der Waals surface area contributed by atoms with Gasteiger partial charge in [-0.05, 0) is 25.1 Å². The van der Waals surface area contributed by atoms with E-state index in [1.54, 1.807) is 23.8 Å². The SMILES string of the molecule is CCn1c(-c2ccccc2OC)ccc(CC(=O)O)c1=O. The average Bonchev–Trinajstić information content (AvgIpc) is 2.48. The summed E-state index contributed by atoms with van der Waals surface area (Å²) in [5, 5.41) is 8.86. The fraction of sp³-hybridized carbons (Fsp3) is 0.250. The molecule has 0 amide bonds. The maximum atomic E-state index is 12.4. The lowest BCUT2D eigenvalue weighted by Gasteiger charge is -2.15. The summed E-state index contributed by atoms with van der Waals surface area (Å²) in [5.41, 5.74) is 1.53. The van der Waals surface area contributed by atoms with Gasteiger partial charge in [0.2, 0.25) is 0 Å². The highest BCUT2D eigenvalue weighted by atomic mass is 16.5. The molecule has 0 bridgehead atoms. The number of benzene rings is 1. The summed E-state index contributed by atoms with van der Waals surface area (Å²) in [7, 11) is 1.58. The van der Waals surface area contributed by atoms with Gasteiger partial charge in [-0.25, -0.2) is 0 Å². The van der Waals surface area contributed by atoms with Crippen molar-refractivity contribution >= 4 is 5.97 Å². The predicted molar refractivity (Wildman–Crippen MR) is 79.7 cm³/mol. The van der Waals surface area contributed by atoms with Crippen molar-refractivity contribution in [3.05, 3.63) is 52.3 Å². The summed E-state index contributed by atoms with van der Waals surface area (Å²) in [4.78, 5) is 23.2. The zero-order valence-corrected chi connectivity index (χ0v) is 12.0. The number of para-hydroxylation sites is 1. The Morgan fingerprint density at radius 1 is 1.24 bits per heavy atom. The predicted octanol–water partition coefficient (Wildman–Crippen LogP) is 2.17. The second-order valence-electron chi connectivity index (χ2n) is 4.56. The Morgan fingerprint density at radius 2 is 1.95 bits per heavy atom. The molecule has 0 radical (unpaired) electrons. The van der Waals surface area contributed by atoms with Crippen molar-refractivity contribution < 1.29 is 14.6 Å². The first-order valence-electron chi connectivity index (χ1n) is 6.66. The minimum atomic E-state index is -1.01. The van der Waals surface area contributed by atoms with E-state index in [0.717, 1.165) is 5.56 Å². The molecule has 0 unspecified atom stereocenters. The number of hydrogen-bond donors (Lipinski definition) is 1. The van der Waals surface area contributed by atoms with Crippen LogP contribution >= 0.6 is 0 Å². The molecule has 5 heteroatoms. The van der Waals surface area contributed by atoms with Crippen LogP contribution in [0, 0.1) is 0 Å². The van der Waals surface area contributed by atoms with Gasteiger partial charge in [0.25, 0.3) is 5.56 Å². The van der Waals surface area contributed by atoms with Crippen molar-refractivity contribution in [1.82, 2.24) is 4.57 Å². The number of methoxy groups -OCH3 is 1. The lowest BCUT2D eigenvalue weighted by Crippen LogP contribution is -2.25. The Hall–Kier alpha value is -2.56. The molecule has 1 aromatic carbocycles. The summed E-state index contributed by atoms with van der Waals surface area (Å²) >= 11 is 0.